The second kappa shape index (κ2) is 6.02. The smallest absolute Gasteiger partial charge is 0.257 e. The maximum absolute atomic E-state index is 13.1. The zero-order chi connectivity index (χ0) is 15.5. The van der Waals surface area contributed by atoms with Crippen LogP contribution in [0, 0.1) is 11.6 Å². The van der Waals surface area contributed by atoms with Gasteiger partial charge in [0.15, 0.2) is 11.6 Å². The average molecular weight is 321 g/mol. The molecule has 1 N–H and O–H groups in total. The monoisotopic (exact) mass is 321 g/mol. The number of halogens is 2. The maximum Gasteiger partial charge on any atom is 0.257 e. The molecule has 3 aromatic rings. The fourth-order valence-corrected chi connectivity index (χ4v) is 2.36. The van der Waals surface area contributed by atoms with Crippen molar-refractivity contribution in [2.45, 2.75) is 6.54 Å². The molecule has 0 atom stereocenters. The van der Waals surface area contributed by atoms with Gasteiger partial charge in [-0.1, -0.05) is 6.07 Å². The first kappa shape index (κ1) is 14.3. The minimum Gasteiger partial charge on any atom is -0.418 e. The van der Waals surface area contributed by atoms with Gasteiger partial charge in [-0.05, 0) is 29.6 Å². The molecule has 112 valence electrons. The van der Waals surface area contributed by atoms with E-state index in [1.807, 2.05) is 17.5 Å². The van der Waals surface area contributed by atoms with E-state index >= 15 is 0 Å². The molecule has 0 bridgehead atoms. The molecule has 0 saturated carbocycles. The lowest BCUT2D eigenvalue weighted by Gasteiger charge is -2.02. The quantitative estimate of drug-likeness (QED) is 0.802. The minimum absolute atomic E-state index is 0.00377. The largest absolute Gasteiger partial charge is 0.418 e. The second-order valence-corrected chi connectivity index (χ2v) is 5.24. The van der Waals surface area contributed by atoms with Gasteiger partial charge in [0.25, 0.3) is 11.8 Å². The third-order valence-corrected chi connectivity index (χ3v) is 3.64. The van der Waals surface area contributed by atoms with Gasteiger partial charge in [0.2, 0.25) is 5.89 Å². The van der Waals surface area contributed by atoms with Gasteiger partial charge in [0, 0.05) is 5.56 Å². The Balaban J connectivity index is 1.65. The van der Waals surface area contributed by atoms with E-state index in [1.54, 1.807) is 0 Å². The van der Waals surface area contributed by atoms with Crippen LogP contribution in [0.2, 0.25) is 0 Å². The lowest BCUT2D eigenvalue weighted by molar-refractivity contribution is 0.0947. The number of nitrogens with zero attached hydrogens (tertiary/aromatic N) is 2. The Morgan fingerprint density at radius 2 is 2.09 bits per heavy atom. The molecule has 0 fully saturated rings. The van der Waals surface area contributed by atoms with Gasteiger partial charge < -0.3 is 9.73 Å². The van der Waals surface area contributed by atoms with Crippen LogP contribution in [0.5, 0.6) is 0 Å². The predicted molar refractivity (Wildman–Crippen MR) is 75.1 cm³/mol. The molecule has 2 heterocycles. The predicted octanol–water partition coefficient (Wildman–Crippen LogP) is 3.01. The van der Waals surface area contributed by atoms with Crippen molar-refractivity contribution < 1.29 is 18.0 Å². The van der Waals surface area contributed by atoms with Crippen LogP contribution in [0.1, 0.15) is 16.2 Å². The number of carbonyl (C=O) groups excluding carboxylic acids is 1. The molecule has 1 aromatic carbocycles. The summed E-state index contributed by atoms with van der Waals surface area (Å²) in [5.74, 6) is -2.05. The summed E-state index contributed by atoms with van der Waals surface area (Å²) in [6, 6.07) is 6.61. The number of hydrogen-bond acceptors (Lipinski definition) is 5. The van der Waals surface area contributed by atoms with Gasteiger partial charge in [-0.15, -0.1) is 21.5 Å². The molecular weight excluding hydrogens is 312 g/mol. The molecule has 8 heteroatoms. The van der Waals surface area contributed by atoms with Gasteiger partial charge in [-0.3, -0.25) is 4.79 Å². The Hall–Kier alpha value is -2.61. The first-order chi connectivity index (χ1) is 10.6. The van der Waals surface area contributed by atoms with Gasteiger partial charge in [-0.2, -0.15) is 0 Å². The summed E-state index contributed by atoms with van der Waals surface area (Å²) in [5, 5.41) is 12.1. The number of rotatable bonds is 4. The molecule has 0 aliphatic rings. The molecule has 0 unspecified atom stereocenters. The van der Waals surface area contributed by atoms with Gasteiger partial charge in [-0.25, -0.2) is 8.78 Å². The van der Waals surface area contributed by atoms with Gasteiger partial charge in [0.05, 0.1) is 11.4 Å². The molecule has 5 nitrogen and oxygen atoms in total. The van der Waals surface area contributed by atoms with E-state index in [4.69, 9.17) is 4.42 Å². The molecule has 0 radical (unpaired) electrons. The highest BCUT2D eigenvalue weighted by Gasteiger charge is 2.12. The fraction of sp³-hybridized carbons (Fsp3) is 0.0714. The Kier molecular flexibility index (Phi) is 3.92. The number of thiophene rings is 1. The number of hydrogen-bond donors (Lipinski definition) is 1. The standard InChI is InChI=1S/C14H9F2N3O2S/c15-9-4-3-8(6-10(9)16)13(20)17-7-12-18-19-14(21-12)11-2-1-5-22-11/h1-6H,7H2,(H,17,20). The van der Waals surface area contributed by atoms with Crippen LogP contribution in [0.15, 0.2) is 40.1 Å². The average Bonchev–Trinajstić information content (AvgIpc) is 3.18. The van der Waals surface area contributed by atoms with Gasteiger partial charge in [0.1, 0.15) is 0 Å². The highest BCUT2D eigenvalue weighted by atomic mass is 32.1. The Morgan fingerprint density at radius 1 is 1.23 bits per heavy atom. The van der Waals surface area contributed by atoms with Crippen molar-refractivity contribution in [3.05, 3.63) is 58.8 Å². The highest BCUT2D eigenvalue weighted by Crippen LogP contribution is 2.22. The van der Waals surface area contributed by atoms with Crippen LogP contribution >= 0.6 is 11.3 Å². The fourth-order valence-electron chi connectivity index (χ4n) is 1.72. The normalized spacial score (nSPS) is 10.6. The SMILES string of the molecule is O=C(NCc1nnc(-c2cccs2)o1)c1ccc(F)c(F)c1. The molecule has 0 spiro atoms. The zero-order valence-electron chi connectivity index (χ0n) is 11.0. The molecular formula is C14H9F2N3O2S. The maximum atomic E-state index is 13.1. The summed E-state index contributed by atoms with van der Waals surface area (Å²) in [6.07, 6.45) is 0. The van der Waals surface area contributed by atoms with E-state index in [0.717, 1.165) is 17.0 Å². The minimum atomic E-state index is -1.08. The van der Waals surface area contributed by atoms with Gasteiger partial charge >= 0.3 is 0 Å². The van der Waals surface area contributed by atoms with E-state index in [0.29, 0.717) is 5.89 Å². The summed E-state index contributed by atoms with van der Waals surface area (Å²) in [7, 11) is 0. The van der Waals surface area contributed by atoms with Crippen LogP contribution < -0.4 is 5.32 Å². The number of nitrogens with one attached hydrogen (secondary N) is 1. The third kappa shape index (κ3) is 3.01. The van der Waals surface area contributed by atoms with E-state index in [2.05, 4.69) is 15.5 Å². The Morgan fingerprint density at radius 3 is 2.82 bits per heavy atom. The number of amides is 1. The molecule has 1 amide bonds. The van der Waals surface area contributed by atoms with Crippen LogP contribution in [-0.4, -0.2) is 16.1 Å². The van der Waals surface area contributed by atoms with Crippen molar-refractivity contribution >= 4 is 17.2 Å². The van der Waals surface area contributed by atoms with E-state index in [9.17, 15) is 13.6 Å². The molecule has 0 aliphatic heterocycles. The first-order valence-electron chi connectivity index (χ1n) is 6.23. The molecule has 0 saturated heterocycles. The third-order valence-electron chi connectivity index (χ3n) is 2.78. The first-order valence-corrected chi connectivity index (χ1v) is 7.11. The molecule has 3 rings (SSSR count). The van der Waals surface area contributed by atoms with Crippen LogP contribution in [0.3, 0.4) is 0 Å². The van der Waals surface area contributed by atoms with Crippen LogP contribution in [0.4, 0.5) is 8.78 Å². The van der Waals surface area contributed by atoms with Crippen molar-refractivity contribution in [2.75, 3.05) is 0 Å². The van der Waals surface area contributed by atoms with E-state index in [1.165, 1.54) is 17.4 Å². The Bertz CT molecular complexity index is 802. The van der Waals surface area contributed by atoms with Crippen molar-refractivity contribution in [1.82, 2.24) is 15.5 Å². The number of carbonyl (C=O) groups is 1. The summed E-state index contributed by atoms with van der Waals surface area (Å²) < 4.78 is 31.3. The van der Waals surface area contributed by atoms with E-state index < -0.39 is 17.5 Å². The lowest BCUT2D eigenvalue weighted by Crippen LogP contribution is -2.23. The van der Waals surface area contributed by atoms with Crippen molar-refractivity contribution in [3.63, 3.8) is 0 Å². The second-order valence-electron chi connectivity index (χ2n) is 4.29. The zero-order valence-corrected chi connectivity index (χ0v) is 11.9. The molecule has 0 aliphatic carbocycles. The summed E-state index contributed by atoms with van der Waals surface area (Å²) in [6.45, 7) is -0.00377. The number of aromatic nitrogens is 2. The number of benzene rings is 1. The molecule has 22 heavy (non-hydrogen) atoms. The van der Waals surface area contributed by atoms with Crippen molar-refractivity contribution in [2.24, 2.45) is 0 Å². The summed E-state index contributed by atoms with van der Waals surface area (Å²) in [5.41, 5.74) is 0.0110. The lowest BCUT2D eigenvalue weighted by atomic mass is 10.2. The Labute approximate surface area is 127 Å². The summed E-state index contributed by atoms with van der Waals surface area (Å²) >= 11 is 1.45. The van der Waals surface area contributed by atoms with Crippen LogP contribution in [0.25, 0.3) is 10.8 Å². The topological polar surface area (TPSA) is 68.0 Å². The van der Waals surface area contributed by atoms with Crippen LogP contribution in [-0.2, 0) is 6.54 Å². The van der Waals surface area contributed by atoms with E-state index in [-0.39, 0.29) is 18.0 Å². The highest BCUT2D eigenvalue weighted by molar-refractivity contribution is 7.13. The molecule has 2 aromatic heterocycles. The summed E-state index contributed by atoms with van der Waals surface area (Å²) in [4.78, 5) is 12.7. The van der Waals surface area contributed by atoms with Crippen molar-refractivity contribution in [3.8, 4) is 10.8 Å². The van der Waals surface area contributed by atoms with Crippen molar-refractivity contribution in [1.29, 1.82) is 0 Å².